The molecule has 102 valence electrons. The fourth-order valence-corrected chi connectivity index (χ4v) is 3.04. The maximum atomic E-state index is 6.00. The van der Waals surface area contributed by atoms with Gasteiger partial charge in [0.25, 0.3) is 0 Å². The Bertz CT molecular complexity index is 561. The van der Waals surface area contributed by atoms with Gasteiger partial charge < -0.3 is 9.15 Å². The molecule has 1 atom stereocenters. The molecule has 0 saturated carbocycles. The summed E-state index contributed by atoms with van der Waals surface area (Å²) >= 11 is 0. The number of methoxy groups -OCH3 is 1. The quantitative estimate of drug-likeness (QED) is 0.842. The third-order valence-electron chi connectivity index (χ3n) is 4.15. The predicted molar refractivity (Wildman–Crippen MR) is 76.3 cm³/mol. The molecule has 1 aliphatic heterocycles. The molecular weight excluding hydrogens is 238 g/mol. The van der Waals surface area contributed by atoms with E-state index in [-0.39, 0.29) is 0 Å². The van der Waals surface area contributed by atoms with E-state index in [0.717, 1.165) is 31.0 Å². The summed E-state index contributed by atoms with van der Waals surface area (Å²) in [4.78, 5) is 2.48. The number of hydrogen-bond donors (Lipinski definition) is 0. The summed E-state index contributed by atoms with van der Waals surface area (Å²) in [6.07, 6.45) is 2.49. The monoisotopic (exact) mass is 259 g/mol. The van der Waals surface area contributed by atoms with Crippen LogP contribution in [0.5, 0.6) is 0 Å². The zero-order valence-electron chi connectivity index (χ0n) is 11.7. The maximum absolute atomic E-state index is 6.00. The normalized spacial score (nSPS) is 20.4. The summed E-state index contributed by atoms with van der Waals surface area (Å²) in [6.45, 7) is 5.01. The highest BCUT2D eigenvalue weighted by atomic mass is 16.5. The van der Waals surface area contributed by atoms with Gasteiger partial charge in [-0.25, -0.2) is 0 Å². The number of para-hydroxylation sites is 1. The van der Waals surface area contributed by atoms with Crippen LogP contribution >= 0.6 is 0 Å². The van der Waals surface area contributed by atoms with Crippen LogP contribution in [0.25, 0.3) is 11.0 Å². The molecule has 0 aliphatic carbocycles. The second-order valence-corrected chi connectivity index (χ2v) is 5.37. The van der Waals surface area contributed by atoms with Crippen LogP contribution in [0.1, 0.15) is 24.2 Å². The van der Waals surface area contributed by atoms with E-state index in [2.05, 4.69) is 24.0 Å². The van der Waals surface area contributed by atoms with Crippen LogP contribution in [0.2, 0.25) is 0 Å². The van der Waals surface area contributed by atoms with Gasteiger partial charge in [0, 0.05) is 18.5 Å². The first-order valence-electron chi connectivity index (χ1n) is 6.99. The molecule has 0 bridgehead atoms. The Morgan fingerprint density at radius 1 is 1.37 bits per heavy atom. The molecule has 1 fully saturated rings. The average Bonchev–Trinajstić information content (AvgIpc) is 2.98. The summed E-state index contributed by atoms with van der Waals surface area (Å²) in [7, 11) is 1.78. The zero-order chi connectivity index (χ0) is 13.2. The van der Waals surface area contributed by atoms with Crippen molar-refractivity contribution < 1.29 is 9.15 Å². The fraction of sp³-hybridized carbons (Fsp3) is 0.500. The lowest BCUT2D eigenvalue weighted by atomic mass is 10.1. The number of nitrogens with zero attached hydrogens (tertiary/aromatic N) is 1. The van der Waals surface area contributed by atoms with Crippen molar-refractivity contribution in [3.05, 3.63) is 35.6 Å². The van der Waals surface area contributed by atoms with E-state index < -0.39 is 0 Å². The Balaban J connectivity index is 1.83. The zero-order valence-corrected chi connectivity index (χ0v) is 11.7. The fourth-order valence-electron chi connectivity index (χ4n) is 3.04. The highest BCUT2D eigenvalue weighted by molar-refractivity contribution is 5.81. The first-order chi connectivity index (χ1) is 9.29. The third-order valence-corrected chi connectivity index (χ3v) is 4.15. The lowest BCUT2D eigenvalue weighted by molar-refractivity contribution is 0.108. The number of ether oxygens (including phenoxy) is 1. The van der Waals surface area contributed by atoms with E-state index in [0.29, 0.717) is 6.04 Å². The summed E-state index contributed by atoms with van der Waals surface area (Å²) in [6, 6.07) is 8.81. The van der Waals surface area contributed by atoms with Crippen molar-refractivity contribution in [2.24, 2.45) is 0 Å². The standard InChI is InChI=1S/C16H21NO2/c1-12-14-7-3-4-8-15(14)19-16(12)10-17-9-5-6-13(17)11-18-2/h3-4,7-8,13H,5-6,9-11H2,1-2H3/t13-/m0/s1. The molecule has 0 spiro atoms. The molecule has 0 radical (unpaired) electrons. The van der Waals surface area contributed by atoms with Gasteiger partial charge in [-0.3, -0.25) is 4.90 Å². The molecule has 3 nitrogen and oxygen atoms in total. The number of hydrogen-bond acceptors (Lipinski definition) is 3. The number of furan rings is 1. The average molecular weight is 259 g/mol. The highest BCUT2D eigenvalue weighted by Crippen LogP contribution is 2.28. The predicted octanol–water partition coefficient (Wildman–Crippen LogP) is 3.35. The van der Waals surface area contributed by atoms with E-state index in [9.17, 15) is 0 Å². The van der Waals surface area contributed by atoms with Gasteiger partial charge in [-0.2, -0.15) is 0 Å². The van der Waals surface area contributed by atoms with Crippen LogP contribution in [0.15, 0.2) is 28.7 Å². The van der Waals surface area contributed by atoms with Crippen LogP contribution in [0.3, 0.4) is 0 Å². The Kier molecular flexibility index (Phi) is 3.58. The van der Waals surface area contributed by atoms with Crippen LogP contribution in [0.4, 0.5) is 0 Å². The van der Waals surface area contributed by atoms with Gasteiger partial charge in [-0.1, -0.05) is 18.2 Å². The second kappa shape index (κ2) is 5.35. The van der Waals surface area contributed by atoms with Crippen molar-refractivity contribution in [3.8, 4) is 0 Å². The second-order valence-electron chi connectivity index (χ2n) is 5.37. The summed E-state index contributed by atoms with van der Waals surface area (Å²) in [5, 5.41) is 1.24. The molecule has 0 unspecified atom stereocenters. The molecule has 1 aromatic carbocycles. The molecule has 2 aromatic rings. The number of rotatable bonds is 4. The van der Waals surface area contributed by atoms with Gasteiger partial charge in [0.05, 0.1) is 13.2 Å². The van der Waals surface area contributed by atoms with E-state index in [1.54, 1.807) is 7.11 Å². The molecular formula is C16H21NO2. The lowest BCUT2D eigenvalue weighted by Gasteiger charge is -2.22. The Morgan fingerprint density at radius 2 is 2.21 bits per heavy atom. The van der Waals surface area contributed by atoms with E-state index in [1.807, 2.05) is 12.1 Å². The largest absolute Gasteiger partial charge is 0.459 e. The van der Waals surface area contributed by atoms with E-state index in [1.165, 1.54) is 23.8 Å². The van der Waals surface area contributed by atoms with Crippen molar-refractivity contribution in [2.45, 2.75) is 32.4 Å². The lowest BCUT2D eigenvalue weighted by Crippen LogP contribution is -2.32. The van der Waals surface area contributed by atoms with Crippen molar-refractivity contribution in [1.82, 2.24) is 4.90 Å². The number of fused-ring (bicyclic) bond motifs is 1. The Labute approximate surface area is 114 Å². The minimum Gasteiger partial charge on any atom is -0.459 e. The maximum Gasteiger partial charge on any atom is 0.134 e. The number of benzene rings is 1. The van der Waals surface area contributed by atoms with Crippen molar-refractivity contribution in [3.63, 3.8) is 0 Å². The van der Waals surface area contributed by atoms with Crippen molar-refractivity contribution >= 4 is 11.0 Å². The third kappa shape index (κ3) is 2.40. The molecule has 3 heteroatoms. The van der Waals surface area contributed by atoms with Crippen molar-refractivity contribution in [2.75, 3.05) is 20.3 Å². The Hall–Kier alpha value is -1.32. The molecule has 0 amide bonds. The molecule has 0 N–H and O–H groups in total. The molecule has 1 aliphatic rings. The van der Waals surface area contributed by atoms with Crippen LogP contribution in [0, 0.1) is 6.92 Å². The molecule has 3 rings (SSSR count). The van der Waals surface area contributed by atoms with Gasteiger partial charge in [0.2, 0.25) is 0 Å². The summed E-state index contributed by atoms with van der Waals surface area (Å²) < 4.78 is 11.3. The van der Waals surface area contributed by atoms with Crippen LogP contribution in [-0.2, 0) is 11.3 Å². The number of aryl methyl sites for hydroxylation is 1. The molecule has 2 heterocycles. The Morgan fingerprint density at radius 3 is 3.00 bits per heavy atom. The van der Waals surface area contributed by atoms with E-state index >= 15 is 0 Å². The molecule has 1 aromatic heterocycles. The van der Waals surface area contributed by atoms with E-state index in [4.69, 9.17) is 9.15 Å². The van der Waals surface area contributed by atoms with Gasteiger partial charge in [-0.15, -0.1) is 0 Å². The minimum absolute atomic E-state index is 0.539. The van der Waals surface area contributed by atoms with Crippen LogP contribution in [-0.4, -0.2) is 31.2 Å². The van der Waals surface area contributed by atoms with Crippen molar-refractivity contribution in [1.29, 1.82) is 0 Å². The number of likely N-dealkylation sites (tertiary alicyclic amines) is 1. The van der Waals surface area contributed by atoms with Gasteiger partial charge >= 0.3 is 0 Å². The van der Waals surface area contributed by atoms with Gasteiger partial charge in [0.1, 0.15) is 11.3 Å². The molecule has 1 saturated heterocycles. The minimum atomic E-state index is 0.539. The highest BCUT2D eigenvalue weighted by Gasteiger charge is 2.26. The smallest absolute Gasteiger partial charge is 0.134 e. The van der Waals surface area contributed by atoms with Gasteiger partial charge in [-0.05, 0) is 37.9 Å². The topological polar surface area (TPSA) is 25.6 Å². The van der Waals surface area contributed by atoms with Gasteiger partial charge in [0.15, 0.2) is 0 Å². The molecule has 19 heavy (non-hydrogen) atoms. The summed E-state index contributed by atoms with van der Waals surface area (Å²) in [5.74, 6) is 1.10. The summed E-state index contributed by atoms with van der Waals surface area (Å²) in [5.41, 5.74) is 2.27. The first kappa shape index (κ1) is 12.7. The SMILES string of the molecule is COC[C@@H]1CCCN1Cc1oc2ccccc2c1C. The first-order valence-corrected chi connectivity index (χ1v) is 6.99. The van der Waals surface area contributed by atoms with Crippen LogP contribution < -0.4 is 0 Å².